The van der Waals surface area contributed by atoms with Gasteiger partial charge < -0.3 is 5.32 Å². The first-order chi connectivity index (χ1) is 13.8. The van der Waals surface area contributed by atoms with Crippen LogP contribution in [0.2, 0.25) is 15.1 Å². The molecule has 1 unspecified atom stereocenters. The summed E-state index contributed by atoms with van der Waals surface area (Å²) < 4.78 is 25.6. The Morgan fingerprint density at radius 3 is 2.20 bits per heavy atom. The average molecular weight is 492 g/mol. The fraction of sp³-hybridized carbons (Fsp3) is 0.381. The molecule has 1 atom stereocenters. The van der Waals surface area contributed by atoms with E-state index in [1.807, 2.05) is 37.3 Å². The highest BCUT2D eigenvalue weighted by Crippen LogP contribution is 2.35. The number of carbonyl (C=O) groups excluding carboxylic acids is 1. The van der Waals surface area contributed by atoms with Crippen LogP contribution in [-0.2, 0) is 20.2 Å². The summed E-state index contributed by atoms with van der Waals surface area (Å²) in [5.41, 5.74) is 1.09. The lowest BCUT2D eigenvalue weighted by molar-refractivity contribution is -0.120. The SMILES string of the molecule is CC(CC(C)(C)c1ccccc1)NC(=O)CN(c1cc(Cl)c(Cl)cc1Cl)S(C)(=O)=O. The molecular formula is C21H25Cl3N2O3S. The van der Waals surface area contributed by atoms with Gasteiger partial charge in [-0.2, -0.15) is 0 Å². The van der Waals surface area contributed by atoms with E-state index in [-0.39, 0.29) is 32.2 Å². The average Bonchev–Trinajstić information content (AvgIpc) is 2.62. The predicted octanol–water partition coefficient (Wildman–Crippen LogP) is 5.29. The number of nitrogens with one attached hydrogen (secondary N) is 1. The third-order valence-electron chi connectivity index (χ3n) is 4.73. The van der Waals surface area contributed by atoms with E-state index in [0.717, 1.165) is 16.1 Å². The molecule has 1 N–H and O–H groups in total. The number of anilines is 1. The van der Waals surface area contributed by atoms with E-state index < -0.39 is 22.5 Å². The third kappa shape index (κ3) is 6.51. The summed E-state index contributed by atoms with van der Waals surface area (Å²) in [4.78, 5) is 12.7. The van der Waals surface area contributed by atoms with E-state index >= 15 is 0 Å². The molecule has 5 nitrogen and oxygen atoms in total. The summed E-state index contributed by atoms with van der Waals surface area (Å²) in [6.45, 7) is 5.67. The number of benzene rings is 2. The Morgan fingerprint density at radius 2 is 1.63 bits per heavy atom. The van der Waals surface area contributed by atoms with Crippen LogP contribution in [-0.4, -0.2) is 33.2 Å². The molecule has 2 aromatic carbocycles. The molecule has 2 aromatic rings. The summed E-state index contributed by atoms with van der Waals surface area (Å²) in [7, 11) is -3.79. The second-order valence-corrected chi connectivity index (χ2v) is 11.0. The van der Waals surface area contributed by atoms with Crippen LogP contribution in [0.3, 0.4) is 0 Å². The molecule has 0 aliphatic heterocycles. The van der Waals surface area contributed by atoms with Crippen LogP contribution in [0.5, 0.6) is 0 Å². The maximum Gasteiger partial charge on any atom is 0.240 e. The van der Waals surface area contributed by atoms with Gasteiger partial charge >= 0.3 is 0 Å². The first-order valence-electron chi connectivity index (χ1n) is 9.28. The molecule has 0 saturated heterocycles. The van der Waals surface area contributed by atoms with Crippen molar-refractivity contribution >= 4 is 56.4 Å². The number of rotatable bonds is 8. The molecule has 0 radical (unpaired) electrons. The van der Waals surface area contributed by atoms with Crippen molar-refractivity contribution in [2.45, 2.75) is 38.6 Å². The molecule has 0 aliphatic rings. The summed E-state index contributed by atoms with van der Waals surface area (Å²) in [5.74, 6) is -0.445. The fourth-order valence-corrected chi connectivity index (χ4v) is 4.91. The number of hydrogen-bond donors (Lipinski definition) is 1. The highest BCUT2D eigenvalue weighted by Gasteiger charge is 2.27. The number of nitrogens with zero attached hydrogens (tertiary/aromatic N) is 1. The van der Waals surface area contributed by atoms with Gasteiger partial charge in [-0.05, 0) is 36.5 Å². The number of sulfonamides is 1. The zero-order valence-electron chi connectivity index (χ0n) is 17.2. The molecule has 30 heavy (non-hydrogen) atoms. The van der Waals surface area contributed by atoms with Crippen LogP contribution in [0.1, 0.15) is 32.8 Å². The topological polar surface area (TPSA) is 66.5 Å². The van der Waals surface area contributed by atoms with E-state index in [4.69, 9.17) is 34.8 Å². The lowest BCUT2D eigenvalue weighted by Crippen LogP contribution is -2.44. The number of carbonyl (C=O) groups is 1. The number of amides is 1. The Bertz CT molecular complexity index is 1010. The van der Waals surface area contributed by atoms with Gasteiger partial charge in [-0.15, -0.1) is 0 Å². The second kappa shape index (κ2) is 9.77. The van der Waals surface area contributed by atoms with E-state index in [0.29, 0.717) is 6.42 Å². The van der Waals surface area contributed by atoms with Crippen LogP contribution < -0.4 is 9.62 Å². The van der Waals surface area contributed by atoms with E-state index in [1.165, 1.54) is 12.1 Å². The first kappa shape index (κ1) is 24.8. The molecule has 0 aromatic heterocycles. The molecule has 0 aliphatic carbocycles. The van der Waals surface area contributed by atoms with E-state index in [2.05, 4.69) is 19.2 Å². The minimum atomic E-state index is -3.79. The van der Waals surface area contributed by atoms with Gasteiger partial charge in [0, 0.05) is 6.04 Å². The van der Waals surface area contributed by atoms with Crippen LogP contribution >= 0.6 is 34.8 Å². The van der Waals surface area contributed by atoms with Crippen molar-refractivity contribution in [1.29, 1.82) is 0 Å². The summed E-state index contributed by atoms with van der Waals surface area (Å²) in [5, 5.41) is 3.30. The zero-order chi connectivity index (χ0) is 22.7. The van der Waals surface area contributed by atoms with Crippen molar-refractivity contribution in [2.24, 2.45) is 0 Å². The smallest absolute Gasteiger partial charge is 0.240 e. The fourth-order valence-electron chi connectivity index (χ4n) is 3.36. The van der Waals surface area contributed by atoms with Gasteiger partial charge in [-0.3, -0.25) is 9.10 Å². The predicted molar refractivity (Wildman–Crippen MR) is 125 cm³/mol. The maximum absolute atomic E-state index is 12.7. The van der Waals surface area contributed by atoms with Crippen molar-refractivity contribution in [3.8, 4) is 0 Å². The molecule has 164 valence electrons. The summed E-state index contributed by atoms with van der Waals surface area (Å²) >= 11 is 18.1. The Hall–Kier alpha value is -1.47. The number of halogens is 3. The Morgan fingerprint density at radius 1 is 1.07 bits per heavy atom. The minimum absolute atomic E-state index is 0.0842. The van der Waals surface area contributed by atoms with Gasteiger partial charge in [0.15, 0.2) is 0 Å². The lowest BCUT2D eigenvalue weighted by Gasteiger charge is -2.30. The molecule has 2 rings (SSSR count). The van der Waals surface area contributed by atoms with Gasteiger partial charge in [0.05, 0.1) is 27.0 Å². The molecule has 0 heterocycles. The molecule has 0 fully saturated rings. The highest BCUT2D eigenvalue weighted by atomic mass is 35.5. The molecule has 0 bridgehead atoms. The van der Waals surface area contributed by atoms with Crippen LogP contribution in [0, 0.1) is 0 Å². The quantitative estimate of drug-likeness (QED) is 0.511. The van der Waals surface area contributed by atoms with Crippen molar-refractivity contribution in [3.63, 3.8) is 0 Å². The Balaban J connectivity index is 2.14. The van der Waals surface area contributed by atoms with Gasteiger partial charge in [0.25, 0.3) is 0 Å². The van der Waals surface area contributed by atoms with Crippen molar-refractivity contribution in [1.82, 2.24) is 5.32 Å². The van der Waals surface area contributed by atoms with Gasteiger partial charge in [-0.1, -0.05) is 79.0 Å². The standard InChI is InChI=1S/C21H25Cl3N2O3S/c1-14(12-21(2,3)15-8-6-5-7-9-15)25-20(27)13-26(30(4,28)29)19-11-17(23)16(22)10-18(19)24/h5-11,14H,12-13H2,1-4H3,(H,25,27). The van der Waals surface area contributed by atoms with Crippen molar-refractivity contribution in [2.75, 3.05) is 17.1 Å². The Labute approximate surface area is 193 Å². The van der Waals surface area contributed by atoms with Crippen LogP contribution in [0.4, 0.5) is 5.69 Å². The van der Waals surface area contributed by atoms with E-state index in [1.54, 1.807) is 0 Å². The minimum Gasteiger partial charge on any atom is -0.352 e. The zero-order valence-corrected chi connectivity index (χ0v) is 20.3. The molecule has 0 saturated carbocycles. The van der Waals surface area contributed by atoms with Gasteiger partial charge in [-0.25, -0.2) is 8.42 Å². The molecule has 0 spiro atoms. The van der Waals surface area contributed by atoms with Gasteiger partial charge in [0.2, 0.25) is 15.9 Å². The first-order valence-corrected chi connectivity index (χ1v) is 12.3. The summed E-state index contributed by atoms with van der Waals surface area (Å²) in [6.07, 6.45) is 1.68. The highest BCUT2D eigenvalue weighted by molar-refractivity contribution is 7.92. The monoisotopic (exact) mass is 490 g/mol. The lowest BCUT2D eigenvalue weighted by atomic mass is 9.79. The van der Waals surface area contributed by atoms with Gasteiger partial charge in [0.1, 0.15) is 6.54 Å². The van der Waals surface area contributed by atoms with E-state index in [9.17, 15) is 13.2 Å². The number of hydrogen-bond acceptors (Lipinski definition) is 3. The largest absolute Gasteiger partial charge is 0.352 e. The normalized spacial score (nSPS) is 13.0. The second-order valence-electron chi connectivity index (χ2n) is 7.91. The van der Waals surface area contributed by atoms with Crippen LogP contribution in [0.15, 0.2) is 42.5 Å². The summed E-state index contributed by atoms with van der Waals surface area (Å²) in [6, 6.07) is 12.5. The van der Waals surface area contributed by atoms with Crippen molar-refractivity contribution in [3.05, 3.63) is 63.1 Å². The maximum atomic E-state index is 12.7. The molecule has 1 amide bonds. The third-order valence-corrected chi connectivity index (χ3v) is 6.88. The molecule has 9 heteroatoms. The molecular weight excluding hydrogens is 467 g/mol. The van der Waals surface area contributed by atoms with Crippen molar-refractivity contribution < 1.29 is 13.2 Å². The van der Waals surface area contributed by atoms with Crippen LogP contribution in [0.25, 0.3) is 0 Å². The Kier molecular flexibility index (Phi) is 8.08.